The molecule has 0 heterocycles. The SMILES string of the molecule is CC(C)CCOc1ccc(Br)cc1C(=O)NC(=S)Nc1ccc(S(=O)(=O)N(C)Cc2ccccc2)cc1. The van der Waals surface area contributed by atoms with E-state index >= 15 is 0 Å². The normalized spacial score (nSPS) is 11.4. The molecule has 0 aliphatic rings. The molecule has 196 valence electrons. The number of nitrogens with zero attached hydrogens (tertiary/aromatic N) is 1. The van der Waals surface area contributed by atoms with Crippen molar-refractivity contribution >= 4 is 54.9 Å². The van der Waals surface area contributed by atoms with E-state index in [0.717, 1.165) is 16.5 Å². The molecule has 0 fully saturated rings. The molecular weight excluding hydrogens is 574 g/mol. The van der Waals surface area contributed by atoms with Crippen molar-refractivity contribution in [1.82, 2.24) is 9.62 Å². The quantitative estimate of drug-likeness (QED) is 0.284. The topological polar surface area (TPSA) is 87.7 Å². The van der Waals surface area contributed by atoms with Crippen molar-refractivity contribution in [1.29, 1.82) is 0 Å². The molecule has 0 radical (unpaired) electrons. The van der Waals surface area contributed by atoms with E-state index in [-0.39, 0.29) is 16.6 Å². The van der Waals surface area contributed by atoms with Gasteiger partial charge < -0.3 is 10.1 Å². The highest BCUT2D eigenvalue weighted by atomic mass is 79.9. The molecule has 0 unspecified atom stereocenters. The first-order chi connectivity index (χ1) is 17.6. The van der Waals surface area contributed by atoms with Gasteiger partial charge in [-0.05, 0) is 72.6 Å². The van der Waals surface area contributed by atoms with Crippen LogP contribution in [0.15, 0.2) is 82.2 Å². The second-order valence-corrected chi connectivity index (χ2v) is 12.2. The maximum Gasteiger partial charge on any atom is 0.261 e. The highest BCUT2D eigenvalue weighted by molar-refractivity contribution is 9.10. The molecule has 0 spiro atoms. The Morgan fingerprint density at radius 3 is 2.38 bits per heavy atom. The van der Waals surface area contributed by atoms with E-state index in [2.05, 4.69) is 40.4 Å². The summed E-state index contributed by atoms with van der Waals surface area (Å²) in [5, 5.41) is 5.66. The molecule has 0 saturated carbocycles. The van der Waals surface area contributed by atoms with Gasteiger partial charge in [-0.25, -0.2) is 8.42 Å². The van der Waals surface area contributed by atoms with E-state index in [1.807, 2.05) is 36.4 Å². The fourth-order valence-electron chi connectivity index (χ4n) is 3.36. The summed E-state index contributed by atoms with van der Waals surface area (Å²) < 4.78 is 33.8. The lowest BCUT2D eigenvalue weighted by Crippen LogP contribution is -2.34. The molecule has 1 amide bonds. The fraction of sp³-hybridized carbons (Fsp3) is 0.259. The van der Waals surface area contributed by atoms with Crippen molar-refractivity contribution in [3.8, 4) is 5.75 Å². The smallest absolute Gasteiger partial charge is 0.261 e. The zero-order chi connectivity index (χ0) is 27.0. The van der Waals surface area contributed by atoms with Gasteiger partial charge in [0.15, 0.2) is 5.11 Å². The Hall–Kier alpha value is -2.79. The van der Waals surface area contributed by atoms with Crippen LogP contribution >= 0.6 is 28.1 Å². The van der Waals surface area contributed by atoms with Crippen LogP contribution in [-0.4, -0.2) is 37.4 Å². The monoisotopic (exact) mass is 603 g/mol. The highest BCUT2D eigenvalue weighted by Gasteiger charge is 2.21. The molecule has 0 aromatic heterocycles. The first kappa shape index (κ1) is 28.8. The number of hydrogen-bond donors (Lipinski definition) is 2. The summed E-state index contributed by atoms with van der Waals surface area (Å²) >= 11 is 8.70. The van der Waals surface area contributed by atoms with Crippen LogP contribution in [0.1, 0.15) is 36.2 Å². The van der Waals surface area contributed by atoms with E-state index in [1.54, 1.807) is 31.3 Å². The third-order valence-electron chi connectivity index (χ3n) is 5.43. The molecular formula is C27H30BrN3O4S2. The van der Waals surface area contributed by atoms with Gasteiger partial charge in [0.25, 0.3) is 5.91 Å². The molecule has 37 heavy (non-hydrogen) atoms. The number of amides is 1. The van der Waals surface area contributed by atoms with Gasteiger partial charge in [-0.15, -0.1) is 0 Å². The minimum Gasteiger partial charge on any atom is -0.493 e. The van der Waals surface area contributed by atoms with Crippen molar-refractivity contribution in [2.24, 2.45) is 5.92 Å². The number of ether oxygens (including phenoxy) is 1. The zero-order valence-corrected chi connectivity index (χ0v) is 24.1. The van der Waals surface area contributed by atoms with Gasteiger partial charge in [-0.2, -0.15) is 4.31 Å². The van der Waals surface area contributed by atoms with Crippen LogP contribution in [0.4, 0.5) is 5.69 Å². The Morgan fingerprint density at radius 2 is 1.73 bits per heavy atom. The predicted octanol–water partition coefficient (Wildman–Crippen LogP) is 5.82. The molecule has 7 nitrogen and oxygen atoms in total. The molecule has 2 N–H and O–H groups in total. The predicted molar refractivity (Wildman–Crippen MR) is 154 cm³/mol. The lowest BCUT2D eigenvalue weighted by molar-refractivity contribution is 0.0973. The second kappa shape index (κ2) is 13.1. The van der Waals surface area contributed by atoms with Crippen LogP contribution in [0, 0.1) is 5.92 Å². The molecule has 0 aliphatic heterocycles. The number of benzene rings is 3. The van der Waals surface area contributed by atoms with Crippen molar-refractivity contribution in [3.05, 3.63) is 88.4 Å². The van der Waals surface area contributed by atoms with Crippen molar-refractivity contribution in [2.75, 3.05) is 19.0 Å². The molecule has 0 atom stereocenters. The largest absolute Gasteiger partial charge is 0.493 e. The Labute approximate surface area is 232 Å². The van der Waals surface area contributed by atoms with Gasteiger partial charge in [0.05, 0.1) is 17.1 Å². The standard InChI is InChI=1S/C27H30BrN3O4S2/c1-19(2)15-16-35-25-14-9-21(28)17-24(25)26(32)30-27(36)29-22-10-12-23(13-11-22)37(33,34)31(3)18-20-7-5-4-6-8-20/h4-14,17,19H,15-16,18H2,1-3H3,(H2,29,30,32,36). The molecule has 3 rings (SSSR count). The molecule has 0 bridgehead atoms. The summed E-state index contributed by atoms with van der Waals surface area (Å²) in [5.41, 5.74) is 1.79. The lowest BCUT2D eigenvalue weighted by atomic mass is 10.1. The average Bonchev–Trinajstić information content (AvgIpc) is 2.85. The van der Waals surface area contributed by atoms with Crippen LogP contribution in [0.3, 0.4) is 0 Å². The van der Waals surface area contributed by atoms with Gasteiger partial charge in [0.1, 0.15) is 5.75 Å². The Balaban J connectivity index is 1.62. The summed E-state index contributed by atoms with van der Waals surface area (Å²) in [6, 6.07) is 20.8. The maximum absolute atomic E-state index is 13.0. The Kier molecular flexibility index (Phi) is 10.2. The van der Waals surface area contributed by atoms with Crippen LogP contribution < -0.4 is 15.4 Å². The summed E-state index contributed by atoms with van der Waals surface area (Å²) in [6.45, 7) is 4.97. The van der Waals surface area contributed by atoms with Crippen molar-refractivity contribution in [2.45, 2.75) is 31.7 Å². The number of halogens is 1. The van der Waals surface area contributed by atoms with E-state index in [4.69, 9.17) is 17.0 Å². The maximum atomic E-state index is 13.0. The van der Waals surface area contributed by atoms with Gasteiger partial charge in [-0.1, -0.05) is 60.1 Å². The van der Waals surface area contributed by atoms with E-state index in [1.165, 1.54) is 16.4 Å². The summed E-state index contributed by atoms with van der Waals surface area (Å²) in [5.74, 6) is 0.536. The minimum atomic E-state index is -3.67. The lowest BCUT2D eigenvalue weighted by Gasteiger charge is -2.18. The Bertz CT molecular complexity index is 1330. The van der Waals surface area contributed by atoms with E-state index in [0.29, 0.717) is 29.5 Å². The third-order valence-corrected chi connectivity index (χ3v) is 7.95. The van der Waals surface area contributed by atoms with Gasteiger partial charge in [0.2, 0.25) is 10.0 Å². The van der Waals surface area contributed by atoms with Crippen molar-refractivity contribution in [3.63, 3.8) is 0 Å². The molecule has 3 aromatic rings. The number of carbonyl (C=O) groups excluding carboxylic acids is 1. The highest BCUT2D eigenvalue weighted by Crippen LogP contribution is 2.24. The van der Waals surface area contributed by atoms with Gasteiger partial charge in [0, 0.05) is 23.8 Å². The summed E-state index contributed by atoms with van der Waals surface area (Å²) in [4.78, 5) is 13.1. The fourth-order valence-corrected chi connectivity index (χ4v) is 5.09. The number of nitrogens with one attached hydrogen (secondary N) is 2. The van der Waals surface area contributed by atoms with Crippen LogP contribution in [0.2, 0.25) is 0 Å². The van der Waals surface area contributed by atoms with Gasteiger partial charge in [-0.3, -0.25) is 10.1 Å². The number of thiocarbonyl (C=S) groups is 1. The molecule has 0 saturated heterocycles. The zero-order valence-electron chi connectivity index (χ0n) is 20.9. The molecule has 10 heteroatoms. The Morgan fingerprint density at radius 1 is 1.05 bits per heavy atom. The van der Waals surface area contributed by atoms with Crippen LogP contribution in [0.25, 0.3) is 0 Å². The summed E-state index contributed by atoms with van der Waals surface area (Å²) in [6.07, 6.45) is 0.866. The first-order valence-electron chi connectivity index (χ1n) is 11.7. The number of carbonyl (C=O) groups is 1. The van der Waals surface area contributed by atoms with Crippen molar-refractivity contribution < 1.29 is 17.9 Å². The molecule has 3 aromatic carbocycles. The second-order valence-electron chi connectivity index (χ2n) is 8.85. The molecule has 0 aliphatic carbocycles. The number of anilines is 1. The number of sulfonamides is 1. The first-order valence-corrected chi connectivity index (χ1v) is 14.4. The number of hydrogen-bond acceptors (Lipinski definition) is 5. The minimum absolute atomic E-state index is 0.0786. The van der Waals surface area contributed by atoms with E-state index in [9.17, 15) is 13.2 Å². The third kappa shape index (κ3) is 8.36. The number of rotatable bonds is 10. The average molecular weight is 605 g/mol. The van der Waals surface area contributed by atoms with Crippen LogP contribution in [0.5, 0.6) is 5.75 Å². The van der Waals surface area contributed by atoms with Gasteiger partial charge >= 0.3 is 0 Å². The summed E-state index contributed by atoms with van der Waals surface area (Å²) in [7, 11) is -2.13. The van der Waals surface area contributed by atoms with E-state index < -0.39 is 15.9 Å². The van der Waals surface area contributed by atoms with Crippen LogP contribution in [-0.2, 0) is 16.6 Å².